The molecule has 0 amide bonds. The summed E-state index contributed by atoms with van der Waals surface area (Å²) in [7, 11) is 0. The van der Waals surface area contributed by atoms with Gasteiger partial charge in [-0.2, -0.15) is 0 Å². The first-order valence-electron chi connectivity index (χ1n) is 25.9. The summed E-state index contributed by atoms with van der Waals surface area (Å²) in [5, 5.41) is 121. The summed E-state index contributed by atoms with van der Waals surface area (Å²) < 4.78 is 0. The van der Waals surface area contributed by atoms with E-state index in [1.165, 1.54) is 0 Å². The molecule has 0 radical (unpaired) electrons. The van der Waals surface area contributed by atoms with Gasteiger partial charge in [0.05, 0.1) is 54.7 Å². The van der Waals surface area contributed by atoms with E-state index in [2.05, 4.69) is 22.5 Å². The molecule has 1 fully saturated rings. The third-order valence-electron chi connectivity index (χ3n) is 15.6. The molecule has 4 heterocycles. The molecule has 6 bridgehead atoms. The van der Waals surface area contributed by atoms with E-state index in [0.717, 1.165) is 28.7 Å². The summed E-state index contributed by atoms with van der Waals surface area (Å²) in [5.41, 5.74) is 3.08. The molecule has 4 aliphatic heterocycles. The van der Waals surface area contributed by atoms with Gasteiger partial charge in [-0.3, -0.25) is 4.79 Å². The number of carboxylic acid groups (broad SMARTS) is 1. The van der Waals surface area contributed by atoms with Crippen molar-refractivity contribution in [3.05, 3.63) is 123 Å². The monoisotopic (exact) mass is 981 g/mol. The largest absolute Gasteiger partial charge is 0.508 e. The van der Waals surface area contributed by atoms with Crippen molar-refractivity contribution in [1.29, 1.82) is 0 Å². The second kappa shape index (κ2) is 26.0. The number of carboxylic acids is 1. The molecule has 13 heteroatoms. The van der Waals surface area contributed by atoms with Crippen molar-refractivity contribution >= 4 is 5.97 Å². The number of rotatable bonds is 16. The fraction of sp³-hybridized carbons (Fsp3) is 0.569. The van der Waals surface area contributed by atoms with E-state index in [1.807, 2.05) is 62.4 Å². The van der Waals surface area contributed by atoms with E-state index in [1.54, 1.807) is 37.3 Å². The van der Waals surface area contributed by atoms with Crippen molar-refractivity contribution < 1.29 is 55.9 Å². The van der Waals surface area contributed by atoms with E-state index in [9.17, 15) is 55.9 Å². The van der Waals surface area contributed by atoms with E-state index in [4.69, 9.17) is 0 Å². The lowest BCUT2D eigenvalue weighted by Crippen LogP contribution is -2.66. The SMILES string of the molecule is CCCCC(O)C(O)C=CC1=C(CC(O)CO)C2CCC(O)C3NC(C)CCC(C(O)Cc4ccc(cc4)CC(C(C)(O)Cc4ccc(O)cc4CCO)(CC#Cc4ccccc4CC1)N2)C3CC(=O)O. The Hall–Kier alpha value is -4.43. The molecular weight excluding hydrogens is 901 g/mol. The highest BCUT2D eigenvalue weighted by Crippen LogP contribution is 2.40. The second-order valence-electron chi connectivity index (χ2n) is 20.9. The van der Waals surface area contributed by atoms with Crippen molar-refractivity contribution in [2.45, 2.75) is 183 Å². The molecule has 3 aromatic carbocycles. The highest BCUT2D eigenvalue weighted by atomic mass is 16.4. The molecule has 13 nitrogen and oxygen atoms in total. The molecule has 7 rings (SSSR count). The second-order valence-corrected chi connectivity index (χ2v) is 20.9. The van der Waals surface area contributed by atoms with Crippen LogP contribution in [0.25, 0.3) is 0 Å². The lowest BCUT2D eigenvalue weighted by Gasteiger charge is -2.49. The Bertz CT molecular complexity index is 2320. The molecule has 12 unspecified atom stereocenters. The zero-order valence-corrected chi connectivity index (χ0v) is 41.9. The van der Waals surface area contributed by atoms with Crippen LogP contribution in [0.3, 0.4) is 0 Å². The summed E-state index contributed by atoms with van der Waals surface area (Å²) in [5.74, 6) is 4.83. The van der Waals surface area contributed by atoms with Crippen LogP contribution in [0.15, 0.2) is 90.0 Å². The molecule has 0 aliphatic carbocycles. The van der Waals surface area contributed by atoms with Crippen molar-refractivity contribution in [2.75, 3.05) is 13.2 Å². The van der Waals surface area contributed by atoms with Gasteiger partial charge in [-0.15, -0.1) is 0 Å². The molecule has 12 N–H and O–H groups in total. The Morgan fingerprint density at radius 3 is 2.41 bits per heavy atom. The molecule has 12 atom stereocenters. The predicted octanol–water partition coefficient (Wildman–Crippen LogP) is 4.96. The van der Waals surface area contributed by atoms with E-state index in [0.29, 0.717) is 60.8 Å². The minimum absolute atomic E-state index is 0.0208. The van der Waals surface area contributed by atoms with Gasteiger partial charge in [0.15, 0.2) is 0 Å². The quantitative estimate of drug-likeness (QED) is 0.0851. The van der Waals surface area contributed by atoms with Gasteiger partial charge in [0.1, 0.15) is 5.75 Å². The fourth-order valence-electron chi connectivity index (χ4n) is 11.4. The van der Waals surface area contributed by atoms with Gasteiger partial charge in [-0.05, 0) is 153 Å². The van der Waals surface area contributed by atoms with E-state index >= 15 is 0 Å². The standard InChI is InChI=1S/C58H80N2O11/c1-4-5-12-51(65)52(66)25-21-42-19-18-41-10-7-6-9-40(41)11-8-28-58(57(3,71)35-44-20-22-45(63)31-43(44)27-29-61)34-39-16-14-38(15-17-39)30-54(68)47-23-13-37(2)59-56(49(47)33-55(69)70)53(67)26-24-50(60-58)48(42)32-46(64)36-62/h6-7,9-10,14-17,20-22,25,31,37,46-47,49-54,56,59-68,71H,4-5,12-13,18-19,23-24,26-30,32-36H2,1-3H3,(H,69,70). The number of aliphatic hydroxyl groups is 8. The van der Waals surface area contributed by atoms with E-state index < -0.39 is 78.2 Å². The predicted molar refractivity (Wildman–Crippen MR) is 275 cm³/mol. The maximum Gasteiger partial charge on any atom is 0.303 e. The van der Waals surface area contributed by atoms with Crippen LogP contribution < -0.4 is 10.6 Å². The third-order valence-corrected chi connectivity index (χ3v) is 15.6. The molecule has 0 saturated carbocycles. The van der Waals surface area contributed by atoms with Gasteiger partial charge >= 0.3 is 5.97 Å². The average molecular weight is 981 g/mol. The van der Waals surface area contributed by atoms with Gasteiger partial charge < -0.3 is 61.7 Å². The lowest BCUT2D eigenvalue weighted by molar-refractivity contribution is -0.139. The molecule has 388 valence electrons. The first-order chi connectivity index (χ1) is 34.0. The van der Waals surface area contributed by atoms with Crippen LogP contribution in [0.1, 0.15) is 125 Å². The maximum absolute atomic E-state index is 13.6. The number of aliphatic hydroxyl groups excluding tert-OH is 7. The van der Waals surface area contributed by atoms with Crippen LogP contribution in [0.4, 0.5) is 0 Å². The summed E-state index contributed by atoms with van der Waals surface area (Å²) in [6.45, 7) is 5.00. The summed E-state index contributed by atoms with van der Waals surface area (Å²) in [6, 6.07) is 19.0. The van der Waals surface area contributed by atoms with E-state index in [-0.39, 0.29) is 76.2 Å². The van der Waals surface area contributed by atoms with Gasteiger partial charge in [0.25, 0.3) is 0 Å². The Labute approximate surface area is 420 Å². The minimum Gasteiger partial charge on any atom is -0.508 e. The Morgan fingerprint density at radius 2 is 1.69 bits per heavy atom. The van der Waals surface area contributed by atoms with Crippen LogP contribution in [0.2, 0.25) is 0 Å². The number of phenols is 1. The van der Waals surface area contributed by atoms with Gasteiger partial charge in [0.2, 0.25) is 0 Å². The highest BCUT2D eigenvalue weighted by Gasteiger charge is 2.49. The maximum atomic E-state index is 13.6. The number of aromatic hydroxyl groups is 1. The molecule has 71 heavy (non-hydrogen) atoms. The topological polar surface area (TPSA) is 243 Å². The number of unbranched alkanes of at least 4 members (excludes halogenated alkanes) is 1. The number of hydrogen-bond acceptors (Lipinski definition) is 12. The number of allylic oxidation sites excluding steroid dienone is 2. The Morgan fingerprint density at radius 1 is 0.944 bits per heavy atom. The van der Waals surface area contributed by atoms with Crippen LogP contribution >= 0.6 is 0 Å². The highest BCUT2D eigenvalue weighted by molar-refractivity contribution is 5.67. The van der Waals surface area contributed by atoms with Crippen molar-refractivity contribution in [1.82, 2.24) is 10.6 Å². The van der Waals surface area contributed by atoms with Crippen LogP contribution in [-0.4, -0.2) is 130 Å². The Balaban J connectivity index is 1.65. The molecule has 0 aromatic heterocycles. The van der Waals surface area contributed by atoms with Crippen molar-refractivity contribution in [3.63, 3.8) is 0 Å². The fourth-order valence-corrected chi connectivity index (χ4v) is 11.4. The number of hydrogen-bond donors (Lipinski definition) is 12. The first kappa shape index (κ1) is 55.9. The number of nitrogens with one attached hydrogen (secondary N) is 2. The number of benzene rings is 3. The number of carbonyl (C=O) groups is 1. The molecule has 1 saturated heterocycles. The molecule has 0 spiro atoms. The molecular formula is C58H80N2O11. The minimum atomic E-state index is -1.68. The summed E-state index contributed by atoms with van der Waals surface area (Å²) in [6.07, 6.45) is 2.66. The smallest absolute Gasteiger partial charge is 0.303 e. The van der Waals surface area contributed by atoms with Crippen LogP contribution in [0.5, 0.6) is 5.75 Å². The third kappa shape index (κ3) is 14.9. The van der Waals surface area contributed by atoms with Gasteiger partial charge in [0, 0.05) is 43.1 Å². The van der Waals surface area contributed by atoms with Crippen molar-refractivity contribution in [2.24, 2.45) is 11.8 Å². The summed E-state index contributed by atoms with van der Waals surface area (Å²) >= 11 is 0. The Kier molecular flexibility index (Phi) is 20.5. The van der Waals surface area contributed by atoms with Crippen LogP contribution in [0, 0.1) is 23.7 Å². The average Bonchev–Trinajstić information content (AvgIpc) is 3.50. The lowest BCUT2D eigenvalue weighted by atomic mass is 9.69. The van der Waals surface area contributed by atoms with Crippen LogP contribution in [-0.2, 0) is 36.9 Å². The molecule has 3 aromatic rings. The number of aliphatic carboxylic acids is 1. The van der Waals surface area contributed by atoms with Gasteiger partial charge in [-0.25, -0.2) is 0 Å². The first-order valence-corrected chi connectivity index (χ1v) is 25.9. The zero-order valence-electron chi connectivity index (χ0n) is 41.9. The normalized spacial score (nSPS) is 27.7. The zero-order chi connectivity index (χ0) is 51.3. The van der Waals surface area contributed by atoms with Gasteiger partial charge in [-0.1, -0.05) is 92.3 Å². The number of phenolic OH excluding ortho intramolecular Hbond substituents is 1. The number of aryl methyl sites for hydroxylation is 1. The summed E-state index contributed by atoms with van der Waals surface area (Å²) in [4.78, 5) is 12.7. The van der Waals surface area contributed by atoms with Crippen molar-refractivity contribution in [3.8, 4) is 17.6 Å². The number of fused-ring (bicyclic) bond motifs is 6. The molecule has 4 aliphatic rings.